The molecule has 4 nitrogen and oxygen atoms in total. The Morgan fingerprint density at radius 1 is 1.33 bits per heavy atom. The molecule has 0 bridgehead atoms. The lowest BCUT2D eigenvalue weighted by Gasteiger charge is -2.13. The number of aryl methyl sites for hydroxylation is 1. The van der Waals surface area contributed by atoms with Gasteiger partial charge in [0.2, 0.25) is 0 Å². The largest absolute Gasteiger partial charge is 0.497 e. The van der Waals surface area contributed by atoms with Crippen LogP contribution < -0.4 is 14.8 Å². The van der Waals surface area contributed by atoms with Crippen LogP contribution in [0.5, 0.6) is 11.5 Å². The number of benzene rings is 1. The fraction of sp³-hybridized carbons (Fsp3) is 0.438. The predicted octanol–water partition coefficient (Wildman–Crippen LogP) is 3.54. The predicted molar refractivity (Wildman–Crippen MR) is 86.2 cm³/mol. The minimum Gasteiger partial charge on any atom is -0.497 e. The Bertz CT molecular complexity index is 569. The first-order valence-corrected chi connectivity index (χ1v) is 7.96. The lowest BCUT2D eigenvalue weighted by Crippen LogP contribution is -2.14. The van der Waals surface area contributed by atoms with Crippen LogP contribution in [0.4, 0.5) is 0 Å². The van der Waals surface area contributed by atoms with Gasteiger partial charge >= 0.3 is 0 Å². The minimum absolute atomic E-state index is 0.541. The highest BCUT2D eigenvalue weighted by Crippen LogP contribution is 2.26. The van der Waals surface area contributed by atoms with E-state index in [0.717, 1.165) is 46.5 Å². The molecular formula is C16H22N2O2S. The van der Waals surface area contributed by atoms with E-state index in [2.05, 4.69) is 23.3 Å². The quantitative estimate of drug-likeness (QED) is 0.758. The third kappa shape index (κ3) is 4.72. The van der Waals surface area contributed by atoms with E-state index in [9.17, 15) is 0 Å². The molecule has 0 amide bonds. The topological polar surface area (TPSA) is 43.4 Å². The van der Waals surface area contributed by atoms with Crippen molar-refractivity contribution < 1.29 is 9.47 Å². The van der Waals surface area contributed by atoms with Gasteiger partial charge in [0.25, 0.3) is 0 Å². The molecule has 0 aliphatic heterocycles. The molecule has 0 saturated heterocycles. The molecule has 0 aliphatic rings. The SMILES string of the molecule is CCCNCc1ccc(OC)cc1OCc1cnc(C)s1. The lowest BCUT2D eigenvalue weighted by atomic mass is 10.2. The van der Waals surface area contributed by atoms with Gasteiger partial charge in [0, 0.05) is 24.4 Å². The summed E-state index contributed by atoms with van der Waals surface area (Å²) >= 11 is 1.66. The first-order valence-electron chi connectivity index (χ1n) is 7.14. The summed E-state index contributed by atoms with van der Waals surface area (Å²) in [5.74, 6) is 1.67. The van der Waals surface area contributed by atoms with E-state index < -0.39 is 0 Å². The van der Waals surface area contributed by atoms with Gasteiger partial charge in [0.15, 0.2) is 0 Å². The Morgan fingerprint density at radius 2 is 2.19 bits per heavy atom. The molecule has 2 aromatic rings. The van der Waals surface area contributed by atoms with E-state index in [0.29, 0.717) is 6.61 Å². The Labute approximate surface area is 130 Å². The van der Waals surface area contributed by atoms with Crippen molar-refractivity contribution in [2.24, 2.45) is 0 Å². The molecule has 1 heterocycles. The summed E-state index contributed by atoms with van der Waals surface area (Å²) in [6, 6.07) is 5.96. The fourth-order valence-electron chi connectivity index (χ4n) is 1.96. The molecule has 0 fully saturated rings. The lowest BCUT2D eigenvalue weighted by molar-refractivity contribution is 0.302. The van der Waals surface area contributed by atoms with Crippen LogP contribution >= 0.6 is 11.3 Å². The molecule has 0 radical (unpaired) electrons. The molecule has 0 saturated carbocycles. The molecule has 21 heavy (non-hydrogen) atoms. The van der Waals surface area contributed by atoms with E-state index in [1.807, 2.05) is 25.3 Å². The number of thiazole rings is 1. The van der Waals surface area contributed by atoms with Crippen LogP contribution in [0.25, 0.3) is 0 Å². The Balaban J connectivity index is 2.06. The highest BCUT2D eigenvalue weighted by Gasteiger charge is 2.07. The number of hydrogen-bond acceptors (Lipinski definition) is 5. The summed E-state index contributed by atoms with van der Waals surface area (Å²) in [4.78, 5) is 5.37. The summed E-state index contributed by atoms with van der Waals surface area (Å²) in [7, 11) is 1.67. The second kappa shape index (κ2) is 8.00. The number of methoxy groups -OCH3 is 1. The van der Waals surface area contributed by atoms with Crippen LogP contribution in [0.3, 0.4) is 0 Å². The molecule has 0 aliphatic carbocycles. The summed E-state index contributed by atoms with van der Waals surface area (Å²) < 4.78 is 11.2. The number of nitrogens with zero attached hydrogens (tertiary/aromatic N) is 1. The Kier molecular flexibility index (Phi) is 6.02. The van der Waals surface area contributed by atoms with Crippen LogP contribution in [0.1, 0.15) is 28.8 Å². The minimum atomic E-state index is 0.541. The summed E-state index contributed by atoms with van der Waals surface area (Å²) in [5, 5.41) is 4.46. The normalized spacial score (nSPS) is 10.6. The highest BCUT2D eigenvalue weighted by molar-refractivity contribution is 7.11. The maximum Gasteiger partial charge on any atom is 0.128 e. The number of rotatable bonds is 8. The summed E-state index contributed by atoms with van der Waals surface area (Å²) in [5.41, 5.74) is 1.14. The van der Waals surface area contributed by atoms with Crippen molar-refractivity contribution in [2.75, 3.05) is 13.7 Å². The smallest absolute Gasteiger partial charge is 0.128 e. The molecular weight excluding hydrogens is 284 g/mol. The van der Waals surface area contributed by atoms with E-state index in [1.54, 1.807) is 18.4 Å². The number of aromatic nitrogens is 1. The monoisotopic (exact) mass is 306 g/mol. The van der Waals surface area contributed by atoms with Crippen LogP contribution in [0.2, 0.25) is 0 Å². The van der Waals surface area contributed by atoms with Gasteiger partial charge in [-0.2, -0.15) is 0 Å². The van der Waals surface area contributed by atoms with Crippen molar-refractivity contribution in [2.45, 2.75) is 33.4 Å². The van der Waals surface area contributed by atoms with E-state index >= 15 is 0 Å². The van der Waals surface area contributed by atoms with Gasteiger partial charge in [0.05, 0.1) is 17.0 Å². The first-order chi connectivity index (χ1) is 10.2. The van der Waals surface area contributed by atoms with Crippen LogP contribution in [0, 0.1) is 6.92 Å². The van der Waals surface area contributed by atoms with Gasteiger partial charge < -0.3 is 14.8 Å². The number of ether oxygens (including phenoxy) is 2. The van der Waals surface area contributed by atoms with Crippen molar-refractivity contribution in [3.05, 3.63) is 39.8 Å². The third-order valence-corrected chi connectivity index (χ3v) is 3.94. The summed E-state index contributed by atoms with van der Waals surface area (Å²) in [6.07, 6.45) is 2.99. The van der Waals surface area contributed by atoms with E-state index in [1.165, 1.54) is 0 Å². The maximum absolute atomic E-state index is 5.96. The summed E-state index contributed by atoms with van der Waals surface area (Å²) in [6.45, 7) is 6.50. The van der Waals surface area contributed by atoms with Crippen LogP contribution in [0.15, 0.2) is 24.4 Å². The standard InChI is InChI=1S/C16H22N2O2S/c1-4-7-17-9-13-5-6-14(19-3)8-16(13)20-11-15-10-18-12(2)21-15/h5-6,8,10,17H,4,7,9,11H2,1-3H3. The second-order valence-corrected chi connectivity index (χ2v) is 6.10. The van der Waals surface area contributed by atoms with E-state index in [4.69, 9.17) is 9.47 Å². The van der Waals surface area contributed by atoms with Crippen molar-refractivity contribution >= 4 is 11.3 Å². The zero-order valence-corrected chi connectivity index (χ0v) is 13.6. The average Bonchev–Trinajstić information content (AvgIpc) is 2.92. The number of hydrogen-bond donors (Lipinski definition) is 1. The van der Waals surface area contributed by atoms with Gasteiger partial charge in [0.1, 0.15) is 18.1 Å². The Morgan fingerprint density at radius 3 is 2.86 bits per heavy atom. The fourth-order valence-corrected chi connectivity index (χ4v) is 2.67. The molecule has 0 unspecified atom stereocenters. The highest BCUT2D eigenvalue weighted by atomic mass is 32.1. The van der Waals surface area contributed by atoms with Crippen molar-refractivity contribution in [3.63, 3.8) is 0 Å². The van der Waals surface area contributed by atoms with Crippen molar-refractivity contribution in [3.8, 4) is 11.5 Å². The zero-order chi connectivity index (χ0) is 15.1. The van der Waals surface area contributed by atoms with Crippen molar-refractivity contribution in [1.29, 1.82) is 0 Å². The molecule has 5 heteroatoms. The Hall–Kier alpha value is -1.59. The molecule has 0 spiro atoms. The maximum atomic E-state index is 5.96. The van der Waals surface area contributed by atoms with Gasteiger partial charge in [-0.3, -0.25) is 0 Å². The molecule has 1 N–H and O–H groups in total. The van der Waals surface area contributed by atoms with Gasteiger partial charge in [-0.1, -0.05) is 13.0 Å². The van der Waals surface area contributed by atoms with E-state index in [-0.39, 0.29) is 0 Å². The van der Waals surface area contributed by atoms with Crippen molar-refractivity contribution in [1.82, 2.24) is 10.3 Å². The molecule has 1 aromatic carbocycles. The third-order valence-electron chi connectivity index (χ3n) is 3.06. The molecule has 0 atom stereocenters. The molecule has 114 valence electrons. The second-order valence-electron chi connectivity index (χ2n) is 4.78. The van der Waals surface area contributed by atoms with Gasteiger partial charge in [-0.15, -0.1) is 11.3 Å². The number of nitrogens with one attached hydrogen (secondary N) is 1. The molecule has 1 aromatic heterocycles. The van der Waals surface area contributed by atoms with Crippen LogP contribution in [-0.2, 0) is 13.2 Å². The van der Waals surface area contributed by atoms with Gasteiger partial charge in [-0.25, -0.2) is 4.98 Å². The zero-order valence-electron chi connectivity index (χ0n) is 12.8. The molecule has 2 rings (SSSR count). The first kappa shape index (κ1) is 15.8. The van der Waals surface area contributed by atoms with Gasteiger partial charge in [-0.05, 0) is 26.0 Å². The van der Waals surface area contributed by atoms with Crippen LogP contribution in [-0.4, -0.2) is 18.6 Å². The average molecular weight is 306 g/mol.